The minimum Gasteiger partial charge on any atom is -0.495 e. The van der Waals surface area contributed by atoms with Crippen LogP contribution in [-0.2, 0) is 21.4 Å². The van der Waals surface area contributed by atoms with Crippen LogP contribution in [0.2, 0.25) is 15.1 Å². The van der Waals surface area contributed by atoms with Gasteiger partial charge >= 0.3 is 0 Å². The van der Waals surface area contributed by atoms with Crippen LogP contribution in [0.3, 0.4) is 0 Å². The Bertz CT molecular complexity index is 1500. The minimum absolute atomic E-state index is 0.200. The molecule has 0 aromatic heterocycles. The zero-order valence-corrected chi connectivity index (χ0v) is 25.5. The van der Waals surface area contributed by atoms with Crippen molar-refractivity contribution in [2.75, 3.05) is 31.3 Å². The average Bonchev–Trinajstić information content (AvgIpc) is 2.87. The molecule has 39 heavy (non-hydrogen) atoms. The summed E-state index contributed by atoms with van der Waals surface area (Å²) in [6.07, 6.45) is 2.36. The van der Waals surface area contributed by atoms with Gasteiger partial charge in [-0.05, 0) is 69.5 Å². The lowest BCUT2D eigenvalue weighted by molar-refractivity contribution is -0.119. The van der Waals surface area contributed by atoms with E-state index in [0.717, 1.165) is 16.1 Å². The zero-order valence-electron chi connectivity index (χ0n) is 20.9. The molecule has 1 N–H and O–H groups in total. The van der Waals surface area contributed by atoms with Gasteiger partial charge in [0.2, 0.25) is 10.0 Å². The summed E-state index contributed by atoms with van der Waals surface area (Å²) in [4.78, 5) is 12.5. The number of methoxy groups -OCH3 is 2. The van der Waals surface area contributed by atoms with Gasteiger partial charge in [-0.2, -0.15) is 5.10 Å². The molecule has 3 aromatic rings. The molecule has 0 saturated heterocycles. The van der Waals surface area contributed by atoms with Crippen molar-refractivity contribution in [2.45, 2.75) is 6.61 Å². The van der Waals surface area contributed by atoms with E-state index in [9.17, 15) is 13.2 Å². The van der Waals surface area contributed by atoms with E-state index < -0.39 is 22.5 Å². The van der Waals surface area contributed by atoms with Gasteiger partial charge in [-0.15, -0.1) is 0 Å². The topological polar surface area (TPSA) is 107 Å². The average molecular weight is 680 g/mol. The van der Waals surface area contributed by atoms with E-state index in [2.05, 4.69) is 26.5 Å². The maximum Gasteiger partial charge on any atom is 0.260 e. The molecule has 208 valence electrons. The Morgan fingerprint density at radius 1 is 1.00 bits per heavy atom. The summed E-state index contributed by atoms with van der Waals surface area (Å²) >= 11 is 21.6. The SMILES string of the molecule is COc1ccc(N(CC(=O)N/N=C\c2cc(Br)c(OCc3ccc(Cl)c(Cl)c3)c(OC)c2)S(C)(=O)=O)cc1Cl. The minimum atomic E-state index is -3.81. The summed E-state index contributed by atoms with van der Waals surface area (Å²) < 4.78 is 42.6. The maximum absolute atomic E-state index is 12.5. The summed E-state index contributed by atoms with van der Waals surface area (Å²) in [6.45, 7) is -0.307. The number of sulfonamides is 1. The second-order valence-electron chi connectivity index (χ2n) is 7.95. The van der Waals surface area contributed by atoms with Crippen LogP contribution in [0.4, 0.5) is 5.69 Å². The fourth-order valence-corrected chi connectivity index (χ4v) is 5.29. The van der Waals surface area contributed by atoms with Gasteiger partial charge in [0.1, 0.15) is 18.9 Å². The van der Waals surface area contributed by atoms with Crippen LogP contribution in [0, 0.1) is 0 Å². The number of hydrazone groups is 1. The van der Waals surface area contributed by atoms with Gasteiger partial charge in [-0.1, -0.05) is 40.9 Å². The van der Waals surface area contributed by atoms with Crippen molar-refractivity contribution in [1.29, 1.82) is 0 Å². The third-order valence-electron chi connectivity index (χ3n) is 5.13. The molecule has 0 saturated carbocycles. The first-order chi connectivity index (χ1) is 18.4. The van der Waals surface area contributed by atoms with Gasteiger partial charge in [0.05, 0.1) is 51.9 Å². The van der Waals surface area contributed by atoms with Crippen molar-refractivity contribution in [3.05, 3.63) is 79.2 Å². The lowest BCUT2D eigenvalue weighted by Gasteiger charge is -2.22. The quantitative estimate of drug-likeness (QED) is 0.199. The molecule has 0 unspecified atom stereocenters. The fourth-order valence-electron chi connectivity index (χ4n) is 3.29. The smallest absolute Gasteiger partial charge is 0.260 e. The van der Waals surface area contributed by atoms with Crippen LogP contribution in [0.5, 0.6) is 17.2 Å². The van der Waals surface area contributed by atoms with Crippen molar-refractivity contribution in [1.82, 2.24) is 5.43 Å². The zero-order chi connectivity index (χ0) is 28.7. The number of hydrogen-bond donors (Lipinski definition) is 1. The number of amides is 1. The molecule has 0 aliphatic heterocycles. The van der Waals surface area contributed by atoms with Crippen LogP contribution < -0.4 is 23.9 Å². The van der Waals surface area contributed by atoms with E-state index in [4.69, 9.17) is 49.0 Å². The van der Waals surface area contributed by atoms with Crippen molar-refractivity contribution >= 4 is 78.6 Å². The number of halogens is 4. The van der Waals surface area contributed by atoms with Crippen molar-refractivity contribution in [3.63, 3.8) is 0 Å². The van der Waals surface area contributed by atoms with Crippen molar-refractivity contribution in [2.24, 2.45) is 5.10 Å². The summed E-state index contributed by atoms with van der Waals surface area (Å²) in [6, 6.07) is 13.0. The second kappa shape index (κ2) is 13.6. The molecule has 0 aliphatic carbocycles. The van der Waals surface area contributed by atoms with Crippen molar-refractivity contribution < 1.29 is 27.4 Å². The highest BCUT2D eigenvalue weighted by Crippen LogP contribution is 2.37. The highest BCUT2D eigenvalue weighted by Gasteiger charge is 2.22. The Kier molecular flexibility index (Phi) is 10.7. The monoisotopic (exact) mass is 677 g/mol. The Morgan fingerprint density at radius 2 is 1.72 bits per heavy atom. The normalized spacial score (nSPS) is 11.4. The lowest BCUT2D eigenvalue weighted by atomic mass is 10.2. The summed E-state index contributed by atoms with van der Waals surface area (Å²) in [5.41, 5.74) is 3.91. The number of benzene rings is 3. The molecule has 0 fully saturated rings. The molecule has 0 spiro atoms. The van der Waals surface area contributed by atoms with Crippen LogP contribution in [0.15, 0.2) is 58.1 Å². The van der Waals surface area contributed by atoms with E-state index in [1.165, 1.54) is 38.6 Å². The van der Waals surface area contributed by atoms with Gasteiger partial charge in [0.25, 0.3) is 5.91 Å². The van der Waals surface area contributed by atoms with Crippen LogP contribution in [0.25, 0.3) is 0 Å². The first-order valence-corrected chi connectivity index (χ1v) is 14.8. The molecular formula is C25H23BrCl3N3O6S. The summed E-state index contributed by atoms with van der Waals surface area (Å²) in [5.74, 6) is 0.565. The third kappa shape index (κ3) is 8.39. The molecule has 9 nitrogen and oxygen atoms in total. The lowest BCUT2D eigenvalue weighted by Crippen LogP contribution is -2.39. The van der Waals surface area contributed by atoms with E-state index in [0.29, 0.717) is 37.3 Å². The molecule has 3 rings (SSSR count). The highest BCUT2D eigenvalue weighted by atomic mass is 79.9. The number of carbonyl (C=O) groups is 1. The van der Waals surface area contributed by atoms with E-state index in [1.807, 2.05) is 0 Å². The molecule has 0 radical (unpaired) electrons. The van der Waals surface area contributed by atoms with Gasteiger partial charge in [0, 0.05) is 0 Å². The Balaban J connectivity index is 1.69. The first-order valence-electron chi connectivity index (χ1n) is 11.0. The molecule has 0 aliphatic rings. The molecule has 3 aromatic carbocycles. The molecule has 0 bridgehead atoms. The second-order valence-corrected chi connectivity index (χ2v) is 11.9. The van der Waals surface area contributed by atoms with E-state index >= 15 is 0 Å². The van der Waals surface area contributed by atoms with Gasteiger partial charge < -0.3 is 14.2 Å². The van der Waals surface area contributed by atoms with Crippen LogP contribution >= 0.6 is 50.7 Å². The predicted octanol–water partition coefficient (Wildman–Crippen LogP) is 5.92. The first kappa shape index (κ1) is 30.8. The fraction of sp³-hybridized carbons (Fsp3) is 0.200. The maximum atomic E-state index is 12.5. The number of nitrogens with one attached hydrogen (secondary N) is 1. The number of ether oxygens (including phenoxy) is 3. The highest BCUT2D eigenvalue weighted by molar-refractivity contribution is 9.10. The van der Waals surface area contributed by atoms with E-state index in [-0.39, 0.29) is 17.3 Å². The summed E-state index contributed by atoms with van der Waals surface area (Å²) in [7, 11) is -0.880. The molecule has 1 amide bonds. The Labute approximate surface area is 249 Å². The Hall–Kier alpha value is -2.70. The standard InChI is InChI=1S/C25H23BrCl3N3O6S/c1-36-22-7-5-17(11-21(22)29)32(39(3,34)35)13-24(33)31-30-12-16-8-18(26)25(23(10-16)37-2)38-14-15-4-6-19(27)20(28)9-15/h4-12H,13-14H2,1-3H3,(H,31,33)/b30-12-. The van der Waals surface area contributed by atoms with Gasteiger partial charge in [-0.25, -0.2) is 13.8 Å². The number of nitrogens with zero attached hydrogens (tertiary/aromatic N) is 2. The third-order valence-corrected chi connectivity index (χ3v) is 7.90. The molecular weight excluding hydrogens is 657 g/mol. The predicted molar refractivity (Wildman–Crippen MR) is 157 cm³/mol. The number of carbonyl (C=O) groups excluding carboxylic acids is 1. The Morgan fingerprint density at radius 3 is 2.33 bits per heavy atom. The molecule has 0 atom stereocenters. The molecule has 0 heterocycles. The van der Waals surface area contributed by atoms with Crippen molar-refractivity contribution in [3.8, 4) is 17.2 Å². The number of rotatable bonds is 11. The van der Waals surface area contributed by atoms with Crippen LogP contribution in [0.1, 0.15) is 11.1 Å². The van der Waals surface area contributed by atoms with Gasteiger partial charge in [0.15, 0.2) is 11.5 Å². The largest absolute Gasteiger partial charge is 0.495 e. The summed E-state index contributed by atoms with van der Waals surface area (Å²) in [5, 5.41) is 5.01. The molecule has 14 heteroatoms. The number of anilines is 1. The van der Waals surface area contributed by atoms with Crippen LogP contribution in [-0.4, -0.2) is 47.6 Å². The van der Waals surface area contributed by atoms with Gasteiger partial charge in [-0.3, -0.25) is 9.10 Å². The number of hydrogen-bond acceptors (Lipinski definition) is 7. The van der Waals surface area contributed by atoms with E-state index in [1.54, 1.807) is 30.3 Å².